The van der Waals surface area contributed by atoms with Gasteiger partial charge in [0, 0.05) is 23.0 Å². The van der Waals surface area contributed by atoms with Crippen LogP contribution in [0.2, 0.25) is 5.02 Å². The van der Waals surface area contributed by atoms with Gasteiger partial charge in [-0.15, -0.1) is 0 Å². The highest BCUT2D eigenvalue weighted by Gasteiger charge is 2.13. The first-order valence-electron chi connectivity index (χ1n) is 8.12. The zero-order chi connectivity index (χ0) is 17.6. The molecule has 0 spiro atoms. The van der Waals surface area contributed by atoms with Crippen LogP contribution in [0.5, 0.6) is 0 Å². The van der Waals surface area contributed by atoms with E-state index in [1.54, 1.807) is 18.3 Å². The Hall–Kier alpha value is -2.50. The van der Waals surface area contributed by atoms with Crippen LogP contribution in [0.25, 0.3) is 11.5 Å². The lowest BCUT2D eigenvalue weighted by Crippen LogP contribution is -2.16. The van der Waals surface area contributed by atoms with Crippen molar-refractivity contribution in [3.63, 3.8) is 0 Å². The van der Waals surface area contributed by atoms with Gasteiger partial charge in [-0.05, 0) is 36.2 Å². The molecular formula is C19H19ClN4O. The van der Waals surface area contributed by atoms with Gasteiger partial charge in [0.2, 0.25) is 0 Å². The lowest BCUT2D eigenvalue weighted by molar-refractivity contribution is 0.276. The maximum Gasteiger partial charge on any atom is 0.180 e. The molecule has 0 aliphatic heterocycles. The van der Waals surface area contributed by atoms with E-state index in [2.05, 4.69) is 20.3 Å². The number of anilines is 1. The summed E-state index contributed by atoms with van der Waals surface area (Å²) in [6.45, 7) is 1.98. The molecule has 0 aliphatic rings. The average Bonchev–Trinajstić information content (AvgIpc) is 2.67. The average molecular weight is 355 g/mol. The van der Waals surface area contributed by atoms with Crippen LogP contribution in [0.4, 0.5) is 5.82 Å². The minimum atomic E-state index is -0.284. The van der Waals surface area contributed by atoms with Crippen LogP contribution < -0.4 is 5.32 Å². The number of aromatic nitrogens is 3. The van der Waals surface area contributed by atoms with Crippen molar-refractivity contribution >= 4 is 17.4 Å². The van der Waals surface area contributed by atoms with Crippen LogP contribution in [0.3, 0.4) is 0 Å². The molecule has 0 aliphatic carbocycles. The number of aliphatic hydroxyl groups is 1. The van der Waals surface area contributed by atoms with Crippen molar-refractivity contribution in [2.24, 2.45) is 0 Å². The molecule has 0 radical (unpaired) electrons. The molecule has 128 valence electrons. The molecule has 1 aromatic carbocycles. The number of rotatable bonds is 6. The molecule has 0 amide bonds. The van der Waals surface area contributed by atoms with E-state index in [0.717, 1.165) is 17.7 Å². The summed E-state index contributed by atoms with van der Waals surface area (Å²) in [5, 5.41) is 13.7. The number of benzene rings is 1. The van der Waals surface area contributed by atoms with E-state index in [1.165, 1.54) is 0 Å². The maximum atomic E-state index is 9.77. The molecule has 2 heterocycles. The van der Waals surface area contributed by atoms with E-state index in [9.17, 15) is 5.11 Å². The molecule has 0 bridgehead atoms. The summed E-state index contributed by atoms with van der Waals surface area (Å²) in [5.41, 5.74) is 2.56. The van der Waals surface area contributed by atoms with Crippen LogP contribution >= 0.6 is 11.6 Å². The zero-order valence-electron chi connectivity index (χ0n) is 13.9. The topological polar surface area (TPSA) is 70.9 Å². The standard InChI is InChI=1S/C19H19ClN4O/c1-2-15-11-18(24-19(22-15)16-5-3-4-10-21-16)23-17(12-25)13-6-8-14(20)9-7-13/h3-11,17,25H,2,12H2,1H3,(H,22,23,24). The number of nitrogens with zero attached hydrogens (tertiary/aromatic N) is 3. The van der Waals surface area contributed by atoms with E-state index in [1.807, 2.05) is 43.3 Å². The summed E-state index contributed by atoms with van der Waals surface area (Å²) in [6.07, 6.45) is 2.50. The number of nitrogens with one attached hydrogen (secondary N) is 1. The highest BCUT2D eigenvalue weighted by molar-refractivity contribution is 6.30. The first kappa shape index (κ1) is 17.3. The van der Waals surface area contributed by atoms with Gasteiger partial charge in [0.1, 0.15) is 11.5 Å². The smallest absolute Gasteiger partial charge is 0.180 e. The van der Waals surface area contributed by atoms with Gasteiger partial charge in [-0.25, -0.2) is 9.97 Å². The molecule has 0 saturated heterocycles. The van der Waals surface area contributed by atoms with Crippen molar-refractivity contribution < 1.29 is 5.11 Å². The SMILES string of the molecule is CCc1cc(NC(CO)c2ccc(Cl)cc2)nc(-c2ccccn2)n1. The van der Waals surface area contributed by atoms with E-state index < -0.39 is 0 Å². The lowest BCUT2D eigenvalue weighted by Gasteiger charge is -2.18. The summed E-state index contributed by atoms with van der Waals surface area (Å²) < 4.78 is 0. The summed E-state index contributed by atoms with van der Waals surface area (Å²) in [7, 11) is 0. The normalized spacial score (nSPS) is 12.0. The molecular weight excluding hydrogens is 336 g/mol. The molecule has 0 saturated carbocycles. The second-order valence-electron chi connectivity index (χ2n) is 5.57. The van der Waals surface area contributed by atoms with Gasteiger partial charge in [-0.1, -0.05) is 36.7 Å². The predicted octanol–water partition coefficient (Wildman–Crippen LogP) is 3.90. The van der Waals surface area contributed by atoms with Crippen LogP contribution in [0.1, 0.15) is 24.2 Å². The highest BCUT2D eigenvalue weighted by Crippen LogP contribution is 2.22. The molecule has 3 aromatic rings. The first-order chi connectivity index (χ1) is 12.2. The monoisotopic (exact) mass is 354 g/mol. The number of pyridine rings is 1. The van der Waals surface area contributed by atoms with E-state index in [-0.39, 0.29) is 12.6 Å². The third-order valence-corrected chi connectivity index (χ3v) is 4.06. The Morgan fingerprint density at radius 2 is 1.92 bits per heavy atom. The molecule has 0 fully saturated rings. The Labute approximate surface area is 151 Å². The molecule has 5 nitrogen and oxygen atoms in total. The summed E-state index contributed by atoms with van der Waals surface area (Å²) >= 11 is 5.94. The van der Waals surface area contributed by atoms with Gasteiger partial charge >= 0.3 is 0 Å². The van der Waals surface area contributed by atoms with Gasteiger partial charge in [0.05, 0.1) is 12.6 Å². The van der Waals surface area contributed by atoms with E-state index in [4.69, 9.17) is 11.6 Å². The molecule has 2 N–H and O–H groups in total. The van der Waals surface area contributed by atoms with Crippen LogP contribution in [-0.2, 0) is 6.42 Å². The fraction of sp³-hybridized carbons (Fsp3) is 0.211. The summed E-state index contributed by atoms with van der Waals surface area (Å²) in [6, 6.07) is 14.6. The summed E-state index contributed by atoms with van der Waals surface area (Å²) in [4.78, 5) is 13.4. The fourth-order valence-corrected chi connectivity index (χ4v) is 2.60. The largest absolute Gasteiger partial charge is 0.394 e. The van der Waals surface area contributed by atoms with Crippen molar-refractivity contribution in [3.8, 4) is 11.5 Å². The quantitative estimate of drug-likeness (QED) is 0.702. The van der Waals surface area contributed by atoms with Gasteiger partial charge in [-0.2, -0.15) is 0 Å². The van der Waals surface area contributed by atoms with Crippen LogP contribution in [0, 0.1) is 0 Å². The number of hydrogen-bond acceptors (Lipinski definition) is 5. The summed E-state index contributed by atoms with van der Waals surface area (Å²) in [5.74, 6) is 1.22. The third-order valence-electron chi connectivity index (χ3n) is 3.81. The van der Waals surface area contributed by atoms with Crippen molar-refractivity contribution in [1.29, 1.82) is 0 Å². The number of aliphatic hydroxyl groups excluding tert-OH is 1. The van der Waals surface area contributed by atoms with E-state index >= 15 is 0 Å². The Kier molecular flexibility index (Phi) is 5.58. The minimum Gasteiger partial charge on any atom is -0.394 e. The molecule has 1 atom stereocenters. The minimum absolute atomic E-state index is 0.0635. The number of aryl methyl sites for hydroxylation is 1. The fourth-order valence-electron chi connectivity index (χ4n) is 2.47. The molecule has 2 aromatic heterocycles. The third kappa shape index (κ3) is 4.32. The van der Waals surface area contributed by atoms with E-state index in [0.29, 0.717) is 22.4 Å². The van der Waals surface area contributed by atoms with Crippen molar-refractivity contribution in [1.82, 2.24) is 15.0 Å². The van der Waals surface area contributed by atoms with Gasteiger partial charge in [0.15, 0.2) is 5.82 Å². The first-order valence-corrected chi connectivity index (χ1v) is 8.49. The van der Waals surface area contributed by atoms with Crippen molar-refractivity contribution in [3.05, 3.63) is 71.0 Å². The Morgan fingerprint density at radius 1 is 1.12 bits per heavy atom. The Morgan fingerprint density at radius 3 is 2.56 bits per heavy atom. The van der Waals surface area contributed by atoms with Crippen molar-refractivity contribution in [2.75, 3.05) is 11.9 Å². The molecule has 3 rings (SSSR count). The van der Waals surface area contributed by atoms with Crippen molar-refractivity contribution in [2.45, 2.75) is 19.4 Å². The van der Waals surface area contributed by atoms with Crippen LogP contribution in [0.15, 0.2) is 54.7 Å². The Bertz CT molecular complexity index is 825. The van der Waals surface area contributed by atoms with Gasteiger partial charge in [-0.3, -0.25) is 4.98 Å². The lowest BCUT2D eigenvalue weighted by atomic mass is 10.1. The second-order valence-corrected chi connectivity index (χ2v) is 6.00. The molecule has 25 heavy (non-hydrogen) atoms. The van der Waals surface area contributed by atoms with Crippen LogP contribution in [-0.4, -0.2) is 26.7 Å². The Balaban J connectivity index is 1.91. The predicted molar refractivity (Wildman–Crippen MR) is 99.5 cm³/mol. The van der Waals surface area contributed by atoms with Gasteiger partial charge < -0.3 is 10.4 Å². The molecule has 6 heteroatoms. The number of hydrogen-bond donors (Lipinski definition) is 2. The highest BCUT2D eigenvalue weighted by atomic mass is 35.5. The number of halogens is 1. The zero-order valence-corrected chi connectivity index (χ0v) is 14.6. The van der Waals surface area contributed by atoms with Gasteiger partial charge in [0.25, 0.3) is 0 Å². The second kappa shape index (κ2) is 8.05. The maximum absolute atomic E-state index is 9.77. The molecule has 1 unspecified atom stereocenters.